The monoisotopic (exact) mass is 743 g/mol. The summed E-state index contributed by atoms with van der Waals surface area (Å²) in [6, 6.07) is 7.02. The molecule has 5 aliphatic rings. The van der Waals surface area contributed by atoms with Crippen molar-refractivity contribution >= 4 is 27.5 Å². The number of fused-ring (bicyclic) bond motifs is 5. The summed E-state index contributed by atoms with van der Waals surface area (Å²) in [5.41, 5.74) is -0.231. The van der Waals surface area contributed by atoms with Gasteiger partial charge in [-0.1, -0.05) is 33.3 Å². The zero-order chi connectivity index (χ0) is 37.8. The number of β-amino-alcohol motifs (C(OH)–C–C–N with tert-alkyl or cyclic N) is 1. The van der Waals surface area contributed by atoms with E-state index in [1.165, 1.54) is 25.0 Å². The fraction of sp³-hybridized carbons (Fsp3) is 0.605. The molecule has 0 spiro atoms. The molecule has 1 saturated carbocycles. The highest BCUT2D eigenvalue weighted by Crippen LogP contribution is 2.50. The number of aryl methyl sites for hydroxylation is 1. The van der Waals surface area contributed by atoms with Gasteiger partial charge < -0.3 is 24.6 Å². The minimum absolute atomic E-state index is 0.0299. The molecule has 1 aliphatic carbocycles. The molecule has 9 rings (SSSR count). The van der Waals surface area contributed by atoms with Gasteiger partial charge in [0.25, 0.3) is 0 Å². The molecule has 4 saturated heterocycles. The van der Waals surface area contributed by atoms with Crippen LogP contribution < -0.4 is 9.64 Å². The third-order valence-corrected chi connectivity index (χ3v) is 13.0. The molecule has 2 bridgehead atoms. The van der Waals surface area contributed by atoms with Gasteiger partial charge in [0.2, 0.25) is 0 Å². The Balaban J connectivity index is 0.00000203. The molecule has 2 N–H and O–H groups in total. The quantitative estimate of drug-likeness (QED) is 0.193. The van der Waals surface area contributed by atoms with E-state index in [0.717, 1.165) is 57.9 Å². The van der Waals surface area contributed by atoms with Crippen LogP contribution in [0.25, 0.3) is 32.9 Å². The van der Waals surface area contributed by atoms with Crippen molar-refractivity contribution in [2.24, 2.45) is 5.41 Å². The number of phenols is 1. The maximum Gasteiger partial charge on any atom is 0.319 e. The van der Waals surface area contributed by atoms with Crippen molar-refractivity contribution in [3.8, 4) is 23.0 Å². The zero-order valence-electron chi connectivity index (χ0n) is 32.2. The maximum absolute atomic E-state index is 17.1. The van der Waals surface area contributed by atoms with E-state index < -0.39 is 17.2 Å². The smallest absolute Gasteiger partial charge is 0.319 e. The third-order valence-electron chi connectivity index (χ3n) is 13.0. The number of hydrogen-bond acceptors (Lipinski definition) is 9. The van der Waals surface area contributed by atoms with Crippen LogP contribution in [0, 0.1) is 17.0 Å². The fourth-order valence-corrected chi connectivity index (χ4v) is 10.6. The van der Waals surface area contributed by atoms with E-state index in [2.05, 4.69) is 9.88 Å². The van der Waals surface area contributed by atoms with Crippen molar-refractivity contribution in [3.63, 3.8) is 0 Å². The second kappa shape index (κ2) is 14.8. The topological polar surface area (TPSA) is 104 Å². The maximum atomic E-state index is 17.1. The lowest BCUT2D eigenvalue weighted by molar-refractivity contribution is -0.0798. The lowest BCUT2D eigenvalue weighted by atomic mass is 9.74. The number of piperidine rings is 2. The molecule has 0 amide bonds. The lowest BCUT2D eigenvalue weighted by Gasteiger charge is -2.50. The highest BCUT2D eigenvalue weighted by molar-refractivity contribution is 6.01. The minimum atomic E-state index is -0.936. The molecule has 5 fully saturated rings. The SMILES string of the molecule is CC.CCc1c(F)ccc2cc(O)cc(-c3ncc4c(N5CCCC(C)(O)C5)nc(OCC56CCCC5N(C5CC7CCC(C5)O7)CCC6)nc4c3F)c12. The number of anilines is 1. The normalized spacial score (nSPS) is 29.6. The summed E-state index contributed by atoms with van der Waals surface area (Å²) in [4.78, 5) is 19.0. The summed E-state index contributed by atoms with van der Waals surface area (Å²) in [7, 11) is 0. The summed E-state index contributed by atoms with van der Waals surface area (Å²) < 4.78 is 45.0. The summed E-state index contributed by atoms with van der Waals surface area (Å²) in [5, 5.41) is 23.3. The first kappa shape index (κ1) is 37.3. The van der Waals surface area contributed by atoms with Crippen LogP contribution in [0.4, 0.5) is 14.6 Å². The average Bonchev–Trinajstić information content (AvgIpc) is 3.76. The van der Waals surface area contributed by atoms with Gasteiger partial charge in [-0.05, 0) is 119 Å². The lowest BCUT2D eigenvalue weighted by Crippen LogP contribution is -2.57. The number of phenolic OH excluding ortho intramolecular Hbond substituents is 1. The Morgan fingerprint density at radius 3 is 2.50 bits per heavy atom. The molecule has 2 aromatic heterocycles. The molecule has 54 heavy (non-hydrogen) atoms. The minimum Gasteiger partial charge on any atom is -0.508 e. The van der Waals surface area contributed by atoms with Crippen molar-refractivity contribution in [1.29, 1.82) is 0 Å². The third kappa shape index (κ3) is 6.68. The Morgan fingerprint density at radius 2 is 1.74 bits per heavy atom. The molecule has 5 atom stereocenters. The van der Waals surface area contributed by atoms with Crippen LogP contribution in [-0.2, 0) is 11.2 Å². The largest absolute Gasteiger partial charge is 0.508 e. The number of aliphatic hydroxyl groups is 1. The van der Waals surface area contributed by atoms with Crippen molar-refractivity contribution in [1.82, 2.24) is 19.9 Å². The summed E-state index contributed by atoms with van der Waals surface area (Å²) in [5.74, 6) is -0.679. The molecule has 6 heterocycles. The molecule has 9 nitrogen and oxygen atoms in total. The summed E-state index contributed by atoms with van der Waals surface area (Å²) in [6.45, 7) is 10.2. The molecular weight excluding hydrogens is 688 g/mol. The predicted octanol–water partition coefficient (Wildman–Crippen LogP) is 8.49. The Hall–Kier alpha value is -3.67. The number of ether oxygens (including phenoxy) is 2. The Bertz CT molecular complexity index is 2020. The highest BCUT2D eigenvalue weighted by Gasteiger charge is 2.51. The highest BCUT2D eigenvalue weighted by atomic mass is 19.1. The van der Waals surface area contributed by atoms with Crippen LogP contribution in [0.3, 0.4) is 0 Å². The molecule has 0 radical (unpaired) electrons. The van der Waals surface area contributed by atoms with Crippen LogP contribution >= 0.6 is 0 Å². The number of aromatic nitrogens is 3. The van der Waals surface area contributed by atoms with E-state index in [1.54, 1.807) is 18.3 Å². The van der Waals surface area contributed by atoms with Crippen LogP contribution in [0.15, 0.2) is 30.5 Å². The predicted molar refractivity (Wildman–Crippen MR) is 207 cm³/mol. The Kier molecular flexibility index (Phi) is 10.2. The van der Waals surface area contributed by atoms with Gasteiger partial charge in [0.05, 0.1) is 29.8 Å². The van der Waals surface area contributed by atoms with Gasteiger partial charge in [-0.2, -0.15) is 9.97 Å². The van der Waals surface area contributed by atoms with Crippen molar-refractivity contribution < 1.29 is 28.5 Å². The van der Waals surface area contributed by atoms with Crippen molar-refractivity contribution in [2.75, 3.05) is 31.1 Å². The first-order chi connectivity index (χ1) is 26.1. The molecule has 11 heteroatoms. The number of hydrogen-bond donors (Lipinski definition) is 2. The van der Waals surface area contributed by atoms with Crippen LogP contribution in [0.5, 0.6) is 11.8 Å². The van der Waals surface area contributed by atoms with Crippen molar-refractivity contribution in [2.45, 2.75) is 135 Å². The average molecular weight is 744 g/mol. The Morgan fingerprint density at radius 1 is 0.981 bits per heavy atom. The van der Waals surface area contributed by atoms with E-state index in [0.29, 0.717) is 89.9 Å². The van der Waals surface area contributed by atoms with E-state index >= 15 is 8.78 Å². The van der Waals surface area contributed by atoms with Gasteiger partial charge in [-0.15, -0.1) is 0 Å². The fourth-order valence-electron chi connectivity index (χ4n) is 10.6. The second-order valence-electron chi connectivity index (χ2n) is 16.5. The van der Waals surface area contributed by atoms with E-state index in [-0.39, 0.29) is 28.4 Å². The number of rotatable bonds is 7. The molecular formula is C43H55F2N5O4. The summed E-state index contributed by atoms with van der Waals surface area (Å²) in [6.07, 6.45) is 14.2. The van der Waals surface area contributed by atoms with Gasteiger partial charge in [0, 0.05) is 42.3 Å². The number of benzene rings is 2. The first-order valence-electron chi connectivity index (χ1n) is 20.4. The van der Waals surface area contributed by atoms with Crippen LogP contribution in [0.1, 0.15) is 104 Å². The summed E-state index contributed by atoms with van der Waals surface area (Å²) >= 11 is 0. The standard InChI is InChI=1S/C41H49F2N5O4.C2H6/c1-3-29-32(42)11-8-24-17-26(49)20-30(34(24)29)36-35(43)37-31(21-44-36)38(47-15-5-12-40(2,50)22-47)46-39(45-37)51-23-41-13-4-7-33(41)48(16-6-14-41)25-18-27-9-10-28(19-25)52-27;1-2/h8,11,17,20-21,25,27-28,33,49-50H,3-7,9-10,12-16,18-19,22-23H2,1-2H3;1-2H3. The number of aromatic hydroxyl groups is 1. The van der Waals surface area contributed by atoms with E-state index in [9.17, 15) is 10.2 Å². The van der Waals surface area contributed by atoms with Crippen molar-refractivity contribution in [3.05, 3.63) is 47.7 Å². The van der Waals surface area contributed by atoms with Crippen LogP contribution in [-0.4, -0.2) is 86.2 Å². The van der Waals surface area contributed by atoms with Gasteiger partial charge in [0.15, 0.2) is 5.82 Å². The number of pyridine rings is 1. The zero-order valence-corrected chi connectivity index (χ0v) is 32.2. The number of likely N-dealkylation sites (tertiary alicyclic amines) is 1. The molecule has 2 aromatic carbocycles. The van der Waals surface area contributed by atoms with Gasteiger partial charge >= 0.3 is 6.01 Å². The van der Waals surface area contributed by atoms with Gasteiger partial charge in [-0.3, -0.25) is 9.88 Å². The first-order valence-corrected chi connectivity index (χ1v) is 20.4. The number of halogens is 2. The molecule has 290 valence electrons. The van der Waals surface area contributed by atoms with Gasteiger partial charge in [-0.25, -0.2) is 8.78 Å². The van der Waals surface area contributed by atoms with Gasteiger partial charge in [0.1, 0.15) is 28.6 Å². The van der Waals surface area contributed by atoms with E-state index in [1.807, 2.05) is 32.6 Å². The Labute approximate surface area is 317 Å². The molecule has 4 aliphatic heterocycles. The van der Waals surface area contributed by atoms with E-state index in [4.69, 9.17) is 19.4 Å². The number of nitrogens with zero attached hydrogens (tertiary/aromatic N) is 5. The second-order valence-corrected chi connectivity index (χ2v) is 16.5. The molecule has 5 unspecified atom stereocenters. The molecule has 4 aromatic rings. The van der Waals surface area contributed by atoms with Crippen LogP contribution in [0.2, 0.25) is 0 Å².